The first-order valence-electron chi connectivity index (χ1n) is 6.95. The van der Waals surface area contributed by atoms with Crippen LogP contribution >= 0.6 is 11.8 Å². The molecule has 0 amide bonds. The van der Waals surface area contributed by atoms with Gasteiger partial charge in [0.05, 0.1) is 24.8 Å². The van der Waals surface area contributed by atoms with E-state index >= 15 is 0 Å². The first-order chi connectivity index (χ1) is 10.8. The molecule has 0 saturated carbocycles. The van der Waals surface area contributed by atoms with Crippen molar-refractivity contribution >= 4 is 17.4 Å². The molecule has 0 aliphatic rings. The largest absolute Gasteiger partial charge is 0.496 e. The molecule has 2 N–H and O–H groups in total. The van der Waals surface area contributed by atoms with E-state index in [4.69, 9.17) is 15.2 Å². The predicted octanol–water partition coefficient (Wildman–Crippen LogP) is 4.59. The molecule has 6 heteroatoms. The Labute approximate surface area is 138 Å². The van der Waals surface area contributed by atoms with Crippen molar-refractivity contribution in [2.24, 2.45) is 0 Å². The number of hydrogen-bond donors (Lipinski definition) is 1. The molecule has 2 aromatic carbocycles. The van der Waals surface area contributed by atoms with Crippen LogP contribution in [0.4, 0.5) is 14.5 Å². The fraction of sp³-hybridized carbons (Fsp3) is 0.294. The third kappa shape index (κ3) is 3.52. The SMILES string of the molecule is COc1cc(F)c(N)cc1SC(C)(C)c1c(F)cccc1OC. The Morgan fingerprint density at radius 1 is 1.00 bits per heavy atom. The van der Waals surface area contributed by atoms with Crippen molar-refractivity contribution in [3.05, 3.63) is 47.5 Å². The van der Waals surface area contributed by atoms with Crippen LogP contribution in [0.25, 0.3) is 0 Å². The maximum Gasteiger partial charge on any atom is 0.149 e. The van der Waals surface area contributed by atoms with Gasteiger partial charge in [0, 0.05) is 16.4 Å². The van der Waals surface area contributed by atoms with Crippen LogP contribution in [0.5, 0.6) is 11.5 Å². The van der Waals surface area contributed by atoms with E-state index in [0.717, 1.165) is 0 Å². The Morgan fingerprint density at radius 2 is 1.65 bits per heavy atom. The number of anilines is 1. The van der Waals surface area contributed by atoms with Crippen molar-refractivity contribution in [1.29, 1.82) is 0 Å². The maximum absolute atomic E-state index is 14.4. The highest BCUT2D eigenvalue weighted by atomic mass is 32.2. The zero-order chi connectivity index (χ0) is 17.2. The topological polar surface area (TPSA) is 44.5 Å². The van der Waals surface area contributed by atoms with Gasteiger partial charge in [0.1, 0.15) is 23.1 Å². The molecule has 0 radical (unpaired) electrons. The van der Waals surface area contributed by atoms with E-state index in [1.54, 1.807) is 12.1 Å². The average molecular weight is 339 g/mol. The fourth-order valence-electron chi connectivity index (χ4n) is 2.37. The number of methoxy groups -OCH3 is 2. The normalized spacial score (nSPS) is 11.4. The summed E-state index contributed by atoms with van der Waals surface area (Å²) in [7, 11) is 2.95. The minimum absolute atomic E-state index is 0.0181. The number of rotatable bonds is 5. The van der Waals surface area contributed by atoms with Crippen LogP contribution in [0.15, 0.2) is 35.2 Å². The second-order valence-corrected chi connectivity index (χ2v) is 7.12. The first kappa shape index (κ1) is 17.4. The summed E-state index contributed by atoms with van der Waals surface area (Å²) in [6.07, 6.45) is 0. The molecule has 2 rings (SSSR count). The van der Waals surface area contributed by atoms with E-state index in [9.17, 15) is 8.78 Å². The lowest BCUT2D eigenvalue weighted by molar-refractivity contribution is 0.397. The van der Waals surface area contributed by atoms with Crippen molar-refractivity contribution in [1.82, 2.24) is 0 Å². The van der Waals surface area contributed by atoms with E-state index in [0.29, 0.717) is 22.0 Å². The molecule has 0 spiro atoms. The molecule has 0 atom stereocenters. The van der Waals surface area contributed by atoms with Crippen LogP contribution in [-0.4, -0.2) is 14.2 Å². The number of ether oxygens (including phenoxy) is 2. The van der Waals surface area contributed by atoms with Crippen LogP contribution in [0.2, 0.25) is 0 Å². The number of benzene rings is 2. The van der Waals surface area contributed by atoms with Crippen LogP contribution < -0.4 is 15.2 Å². The van der Waals surface area contributed by atoms with Gasteiger partial charge in [-0.25, -0.2) is 8.78 Å². The minimum atomic E-state index is -0.686. The summed E-state index contributed by atoms with van der Waals surface area (Å²) < 4.78 is 37.7. The quantitative estimate of drug-likeness (QED) is 0.639. The summed E-state index contributed by atoms with van der Waals surface area (Å²) in [6.45, 7) is 3.72. The van der Waals surface area contributed by atoms with Crippen LogP contribution in [0.3, 0.4) is 0 Å². The van der Waals surface area contributed by atoms with Gasteiger partial charge < -0.3 is 15.2 Å². The van der Waals surface area contributed by atoms with Crippen molar-refractivity contribution in [2.75, 3.05) is 20.0 Å². The van der Waals surface area contributed by atoms with E-state index in [2.05, 4.69) is 0 Å². The molecule has 0 bridgehead atoms. The summed E-state index contributed by atoms with van der Waals surface area (Å²) in [5, 5.41) is 0. The van der Waals surface area contributed by atoms with Crippen LogP contribution in [-0.2, 0) is 4.75 Å². The summed E-state index contributed by atoms with van der Waals surface area (Å²) >= 11 is 1.33. The molecule has 0 heterocycles. The van der Waals surface area contributed by atoms with Crippen molar-refractivity contribution in [2.45, 2.75) is 23.5 Å². The Bertz CT molecular complexity index is 720. The van der Waals surface area contributed by atoms with Gasteiger partial charge in [-0.05, 0) is 32.0 Å². The third-order valence-corrected chi connectivity index (χ3v) is 4.70. The van der Waals surface area contributed by atoms with Gasteiger partial charge in [-0.15, -0.1) is 11.8 Å². The summed E-state index contributed by atoms with van der Waals surface area (Å²) in [5.41, 5.74) is 6.09. The molecule has 0 unspecified atom stereocenters. The lowest BCUT2D eigenvalue weighted by Crippen LogP contribution is -2.16. The van der Waals surface area contributed by atoms with Gasteiger partial charge in [0.25, 0.3) is 0 Å². The number of thioether (sulfide) groups is 1. The third-order valence-electron chi connectivity index (χ3n) is 3.45. The van der Waals surface area contributed by atoms with Gasteiger partial charge in [-0.3, -0.25) is 0 Å². The Hall–Kier alpha value is -1.95. The molecule has 3 nitrogen and oxygen atoms in total. The summed E-state index contributed by atoms with van der Waals surface area (Å²) in [6, 6.07) is 7.41. The van der Waals surface area contributed by atoms with Gasteiger partial charge in [-0.2, -0.15) is 0 Å². The molecule has 124 valence electrons. The Balaban J connectivity index is 2.49. The molecule has 0 aliphatic heterocycles. The van der Waals surface area contributed by atoms with Crippen molar-refractivity contribution in [3.8, 4) is 11.5 Å². The van der Waals surface area contributed by atoms with E-state index in [1.165, 1.54) is 44.2 Å². The average Bonchev–Trinajstić information content (AvgIpc) is 2.49. The smallest absolute Gasteiger partial charge is 0.149 e. The predicted molar refractivity (Wildman–Crippen MR) is 89.2 cm³/mol. The highest BCUT2D eigenvalue weighted by Crippen LogP contribution is 2.48. The van der Waals surface area contributed by atoms with Gasteiger partial charge >= 0.3 is 0 Å². The van der Waals surface area contributed by atoms with E-state index in [1.807, 2.05) is 13.8 Å². The minimum Gasteiger partial charge on any atom is -0.496 e. The molecule has 0 saturated heterocycles. The molecular formula is C17H19F2NO2S. The Kier molecular flexibility index (Phi) is 5.04. The maximum atomic E-state index is 14.4. The van der Waals surface area contributed by atoms with Crippen LogP contribution in [0, 0.1) is 11.6 Å². The second-order valence-electron chi connectivity index (χ2n) is 5.45. The highest BCUT2D eigenvalue weighted by molar-refractivity contribution is 8.00. The number of nitrogens with two attached hydrogens (primary N) is 1. The summed E-state index contributed by atoms with van der Waals surface area (Å²) in [5.74, 6) is -0.106. The van der Waals surface area contributed by atoms with E-state index < -0.39 is 10.6 Å². The zero-order valence-electron chi connectivity index (χ0n) is 13.4. The standard InChI is InChI=1S/C17H19F2NO2S/c1-17(2,16-10(18)6-5-7-13(16)21-3)23-15-9-12(20)11(19)8-14(15)22-4/h5-9H,20H2,1-4H3. The molecule has 0 aromatic heterocycles. The molecule has 23 heavy (non-hydrogen) atoms. The van der Waals surface area contributed by atoms with Crippen molar-refractivity contribution < 1.29 is 18.3 Å². The molecule has 0 fully saturated rings. The fourth-order valence-corrected chi connectivity index (χ4v) is 3.65. The number of hydrogen-bond acceptors (Lipinski definition) is 4. The highest BCUT2D eigenvalue weighted by Gasteiger charge is 2.30. The van der Waals surface area contributed by atoms with Gasteiger partial charge in [-0.1, -0.05) is 6.07 Å². The first-order valence-corrected chi connectivity index (χ1v) is 7.76. The number of nitrogen functional groups attached to an aromatic ring is 1. The lowest BCUT2D eigenvalue weighted by atomic mass is 10.0. The number of halogens is 2. The monoisotopic (exact) mass is 339 g/mol. The summed E-state index contributed by atoms with van der Waals surface area (Å²) in [4.78, 5) is 0.627. The van der Waals surface area contributed by atoms with Gasteiger partial charge in [0.2, 0.25) is 0 Å². The second kappa shape index (κ2) is 6.66. The van der Waals surface area contributed by atoms with Crippen molar-refractivity contribution in [3.63, 3.8) is 0 Å². The van der Waals surface area contributed by atoms with Crippen LogP contribution in [0.1, 0.15) is 19.4 Å². The zero-order valence-corrected chi connectivity index (χ0v) is 14.3. The molecular weight excluding hydrogens is 320 g/mol. The molecule has 0 aliphatic carbocycles. The lowest BCUT2D eigenvalue weighted by Gasteiger charge is -2.27. The molecule has 2 aromatic rings. The Morgan fingerprint density at radius 3 is 2.26 bits per heavy atom. The van der Waals surface area contributed by atoms with Gasteiger partial charge in [0.15, 0.2) is 0 Å². The van der Waals surface area contributed by atoms with E-state index in [-0.39, 0.29) is 11.5 Å².